The molecule has 4 heteroatoms. The van der Waals surface area contributed by atoms with Crippen molar-refractivity contribution in [3.63, 3.8) is 0 Å². The molecule has 0 radical (unpaired) electrons. The van der Waals surface area contributed by atoms with E-state index in [1.165, 1.54) is 5.46 Å². The van der Waals surface area contributed by atoms with Crippen LogP contribution in [0.3, 0.4) is 0 Å². The van der Waals surface area contributed by atoms with E-state index in [2.05, 4.69) is 29.2 Å². The van der Waals surface area contributed by atoms with E-state index >= 15 is 0 Å². The summed E-state index contributed by atoms with van der Waals surface area (Å²) < 4.78 is 12.4. The van der Waals surface area contributed by atoms with Crippen molar-refractivity contribution < 1.29 is 9.47 Å². The van der Waals surface area contributed by atoms with Crippen LogP contribution in [0.15, 0.2) is 85.1 Å². The van der Waals surface area contributed by atoms with E-state index in [-0.39, 0.29) is 6.71 Å². The summed E-state index contributed by atoms with van der Waals surface area (Å²) in [7, 11) is 0. The molecule has 1 aromatic heterocycles. The molecule has 0 N–H and O–H groups in total. The van der Waals surface area contributed by atoms with Gasteiger partial charge in [-0.2, -0.15) is 0 Å². The fourth-order valence-electron chi connectivity index (χ4n) is 4.07. The van der Waals surface area contributed by atoms with Gasteiger partial charge in [0.05, 0.1) is 5.69 Å². The van der Waals surface area contributed by atoms with Gasteiger partial charge in [0, 0.05) is 11.7 Å². The smallest absolute Gasteiger partial charge is 0.260 e. The van der Waals surface area contributed by atoms with Crippen LogP contribution in [0.2, 0.25) is 0 Å². The maximum Gasteiger partial charge on any atom is 0.260 e. The molecule has 3 aromatic carbocycles. The molecule has 0 amide bonds. The molecule has 0 fully saturated rings. The van der Waals surface area contributed by atoms with Crippen LogP contribution in [0, 0.1) is 0 Å². The molecule has 0 saturated heterocycles. The molecular formula is C23H14BNO2. The molecule has 27 heavy (non-hydrogen) atoms. The SMILES string of the molecule is c1ccc(-c2ccc3c(c2)B2c4ccccc4Oc4cccc(c42)O3)nc1. The Bertz CT molecular complexity index is 1180. The van der Waals surface area contributed by atoms with E-state index in [0.29, 0.717) is 0 Å². The third kappa shape index (κ3) is 2.13. The Hall–Kier alpha value is -3.53. The van der Waals surface area contributed by atoms with Gasteiger partial charge < -0.3 is 9.47 Å². The highest BCUT2D eigenvalue weighted by Gasteiger charge is 2.39. The van der Waals surface area contributed by atoms with Crippen LogP contribution in [-0.2, 0) is 0 Å². The monoisotopic (exact) mass is 347 g/mol. The van der Waals surface area contributed by atoms with E-state index < -0.39 is 0 Å². The van der Waals surface area contributed by atoms with Crippen molar-refractivity contribution >= 4 is 23.1 Å². The predicted octanol–water partition coefficient (Wildman–Crippen LogP) is 3.48. The maximum atomic E-state index is 6.23. The highest BCUT2D eigenvalue weighted by atomic mass is 16.5. The minimum atomic E-state index is 0.0913. The van der Waals surface area contributed by atoms with Crippen molar-refractivity contribution in [3.8, 4) is 34.3 Å². The predicted molar refractivity (Wildman–Crippen MR) is 107 cm³/mol. The van der Waals surface area contributed by atoms with Crippen molar-refractivity contribution in [1.29, 1.82) is 0 Å². The van der Waals surface area contributed by atoms with E-state index in [9.17, 15) is 0 Å². The molecule has 2 aliphatic rings. The zero-order chi connectivity index (χ0) is 17.8. The summed E-state index contributed by atoms with van der Waals surface area (Å²) in [6, 6.07) is 26.5. The second-order valence-corrected chi connectivity index (χ2v) is 6.81. The first-order valence-electron chi connectivity index (χ1n) is 9.01. The number of hydrogen-bond acceptors (Lipinski definition) is 3. The fraction of sp³-hybridized carbons (Fsp3) is 0. The molecule has 6 rings (SSSR count). The molecule has 0 aliphatic carbocycles. The highest BCUT2D eigenvalue weighted by Crippen LogP contribution is 2.34. The Morgan fingerprint density at radius 3 is 2.19 bits per heavy atom. The van der Waals surface area contributed by atoms with Gasteiger partial charge in [-0.05, 0) is 59.0 Å². The van der Waals surface area contributed by atoms with Crippen molar-refractivity contribution in [2.24, 2.45) is 0 Å². The molecule has 0 spiro atoms. The van der Waals surface area contributed by atoms with Crippen LogP contribution < -0.4 is 25.9 Å². The second kappa shape index (κ2) is 5.48. The summed E-state index contributed by atoms with van der Waals surface area (Å²) in [4.78, 5) is 4.50. The second-order valence-electron chi connectivity index (χ2n) is 6.81. The number of rotatable bonds is 1. The minimum absolute atomic E-state index is 0.0913. The maximum absolute atomic E-state index is 6.23. The first kappa shape index (κ1) is 14.6. The zero-order valence-corrected chi connectivity index (χ0v) is 14.4. The number of para-hydroxylation sites is 1. The average molecular weight is 347 g/mol. The van der Waals surface area contributed by atoms with E-state index in [0.717, 1.165) is 45.2 Å². The summed E-state index contributed by atoms with van der Waals surface area (Å²) in [5.41, 5.74) is 5.46. The van der Waals surface area contributed by atoms with Crippen LogP contribution >= 0.6 is 0 Å². The Morgan fingerprint density at radius 1 is 0.630 bits per heavy atom. The Morgan fingerprint density at radius 2 is 1.37 bits per heavy atom. The van der Waals surface area contributed by atoms with Crippen molar-refractivity contribution in [2.45, 2.75) is 0 Å². The lowest BCUT2D eigenvalue weighted by Gasteiger charge is -2.32. The summed E-state index contributed by atoms with van der Waals surface area (Å²) in [6.45, 7) is 0.0913. The number of aromatic nitrogens is 1. The van der Waals surface area contributed by atoms with Gasteiger partial charge in [-0.3, -0.25) is 4.98 Å². The lowest BCUT2D eigenvalue weighted by molar-refractivity contribution is 0.464. The lowest BCUT2D eigenvalue weighted by Crippen LogP contribution is -2.57. The minimum Gasteiger partial charge on any atom is -0.458 e. The number of fused-ring (bicyclic) bond motifs is 4. The first-order valence-corrected chi connectivity index (χ1v) is 9.01. The largest absolute Gasteiger partial charge is 0.458 e. The van der Waals surface area contributed by atoms with Crippen molar-refractivity contribution in [3.05, 3.63) is 85.1 Å². The number of ether oxygens (including phenoxy) is 2. The quantitative estimate of drug-likeness (QED) is 0.427. The number of pyridine rings is 1. The third-order valence-electron chi connectivity index (χ3n) is 5.27. The van der Waals surface area contributed by atoms with Gasteiger partial charge in [-0.15, -0.1) is 0 Å². The van der Waals surface area contributed by atoms with Gasteiger partial charge in [-0.25, -0.2) is 0 Å². The molecule has 126 valence electrons. The van der Waals surface area contributed by atoms with Gasteiger partial charge in [0.25, 0.3) is 6.71 Å². The first-order chi connectivity index (χ1) is 13.4. The molecule has 0 saturated carbocycles. The Kier molecular flexibility index (Phi) is 2.97. The summed E-state index contributed by atoms with van der Waals surface area (Å²) in [6.07, 6.45) is 1.82. The summed E-state index contributed by atoms with van der Waals surface area (Å²) in [5.74, 6) is 3.53. The van der Waals surface area contributed by atoms with Gasteiger partial charge in [0.2, 0.25) is 0 Å². The van der Waals surface area contributed by atoms with E-state index in [4.69, 9.17) is 9.47 Å². The molecule has 3 nitrogen and oxygen atoms in total. The molecule has 4 aromatic rings. The van der Waals surface area contributed by atoms with Crippen molar-refractivity contribution in [1.82, 2.24) is 4.98 Å². The fourth-order valence-corrected chi connectivity index (χ4v) is 4.07. The van der Waals surface area contributed by atoms with Gasteiger partial charge in [0.15, 0.2) is 0 Å². The molecule has 3 heterocycles. The Labute approximate surface area is 157 Å². The molecule has 0 atom stereocenters. The molecule has 0 bridgehead atoms. The van der Waals surface area contributed by atoms with Gasteiger partial charge >= 0.3 is 0 Å². The van der Waals surface area contributed by atoms with E-state index in [1.807, 2.05) is 60.8 Å². The van der Waals surface area contributed by atoms with Crippen LogP contribution in [0.25, 0.3) is 11.3 Å². The van der Waals surface area contributed by atoms with E-state index in [1.54, 1.807) is 0 Å². The van der Waals surface area contributed by atoms with Gasteiger partial charge in [-0.1, -0.05) is 36.4 Å². The highest BCUT2D eigenvalue weighted by molar-refractivity contribution is 6.98. The van der Waals surface area contributed by atoms with Crippen LogP contribution in [0.5, 0.6) is 23.0 Å². The van der Waals surface area contributed by atoms with Gasteiger partial charge in [0.1, 0.15) is 23.0 Å². The number of benzene rings is 3. The topological polar surface area (TPSA) is 31.4 Å². The summed E-state index contributed by atoms with van der Waals surface area (Å²) in [5, 5.41) is 0. The number of hydrogen-bond donors (Lipinski definition) is 0. The average Bonchev–Trinajstić information content (AvgIpc) is 2.74. The normalized spacial score (nSPS) is 13.0. The molecule has 2 aliphatic heterocycles. The standard InChI is InChI=1S/C23H14BNO2/c1-2-8-19-16(6-1)24-17-14-15(18-7-3-4-13-25-18)11-12-20(17)27-22-10-5-9-21(26-19)23(22)24/h1-14H. The van der Waals surface area contributed by atoms with Crippen LogP contribution in [0.1, 0.15) is 0 Å². The van der Waals surface area contributed by atoms with Crippen LogP contribution in [0.4, 0.5) is 0 Å². The third-order valence-corrected chi connectivity index (χ3v) is 5.27. The van der Waals surface area contributed by atoms with Crippen molar-refractivity contribution in [2.75, 3.05) is 0 Å². The zero-order valence-electron chi connectivity index (χ0n) is 14.4. The molecular weight excluding hydrogens is 333 g/mol. The molecule has 0 unspecified atom stereocenters. The number of nitrogens with zero attached hydrogens (tertiary/aromatic N) is 1. The Balaban J connectivity index is 1.62. The van der Waals surface area contributed by atoms with Crippen LogP contribution in [-0.4, -0.2) is 11.7 Å². The summed E-state index contributed by atoms with van der Waals surface area (Å²) >= 11 is 0. The lowest BCUT2D eigenvalue weighted by atomic mass is 9.35.